The first-order valence-corrected chi connectivity index (χ1v) is 9.62. The Balaban J connectivity index is 1.77. The summed E-state index contributed by atoms with van der Waals surface area (Å²) in [5, 5.41) is 0. The van der Waals surface area contributed by atoms with Gasteiger partial charge in [0.1, 0.15) is 22.7 Å². The van der Waals surface area contributed by atoms with Crippen LogP contribution in [-0.2, 0) is 16.1 Å². The highest BCUT2D eigenvalue weighted by Crippen LogP contribution is 2.60. The molecule has 0 spiro atoms. The average Bonchev–Trinajstić information content (AvgIpc) is 3.15. The van der Waals surface area contributed by atoms with Crippen LogP contribution in [-0.4, -0.2) is 5.97 Å². The highest BCUT2D eigenvalue weighted by atomic mass is 35.5. The molecule has 1 aliphatic carbocycles. The molecule has 1 saturated carbocycles. The summed E-state index contributed by atoms with van der Waals surface area (Å²) in [4.78, 5) is 12.5. The molecule has 0 amide bonds. The van der Waals surface area contributed by atoms with E-state index in [0.717, 1.165) is 29.3 Å². The van der Waals surface area contributed by atoms with Crippen molar-refractivity contribution in [1.29, 1.82) is 0 Å². The van der Waals surface area contributed by atoms with E-state index in [0.29, 0.717) is 5.56 Å². The normalized spacial score (nSPS) is 19.8. The number of hydrogen-bond donors (Lipinski definition) is 0. The van der Waals surface area contributed by atoms with Gasteiger partial charge in [0.05, 0.1) is 5.92 Å². The summed E-state index contributed by atoms with van der Waals surface area (Å²) < 4.78 is 33.3. The fourth-order valence-electron chi connectivity index (χ4n) is 3.65. The van der Waals surface area contributed by atoms with Gasteiger partial charge < -0.3 is 4.74 Å². The molecule has 0 heterocycles. The summed E-state index contributed by atoms with van der Waals surface area (Å²) in [7, 11) is 0. The summed E-state index contributed by atoms with van der Waals surface area (Å²) in [5.74, 6) is -1.74. The third-order valence-corrected chi connectivity index (χ3v) is 5.76. The maximum absolute atomic E-state index is 14.1. The number of carbonyl (C=O) groups excluding carboxylic acids is 1. The zero-order chi connectivity index (χ0) is 20.6. The zero-order valence-corrected chi connectivity index (χ0v) is 17.2. The van der Waals surface area contributed by atoms with Crippen molar-refractivity contribution >= 4 is 29.2 Å². The maximum Gasteiger partial charge on any atom is 0.310 e. The molecule has 2 aromatic carbocycles. The number of carbonyl (C=O) groups is 1. The molecule has 0 saturated heterocycles. The highest BCUT2D eigenvalue weighted by Gasteiger charge is 2.61. The Morgan fingerprint density at radius 2 is 1.89 bits per heavy atom. The molecular weight excluding hydrogens is 405 g/mol. The molecule has 2 aromatic rings. The van der Waals surface area contributed by atoms with Crippen molar-refractivity contribution in [2.24, 2.45) is 17.3 Å². The molecule has 3 rings (SSSR count). The Morgan fingerprint density at radius 1 is 1.18 bits per heavy atom. The summed E-state index contributed by atoms with van der Waals surface area (Å²) in [6, 6.07) is 8.58. The SMILES string of the molecule is Cc1c(COC(=O)C2C(C=C(Cl)Cl)C2(C)C)cccc1-c1cc(F)ccc1F. The molecule has 148 valence electrons. The van der Waals surface area contributed by atoms with Crippen molar-refractivity contribution in [3.05, 3.63) is 69.7 Å². The van der Waals surface area contributed by atoms with Crippen molar-refractivity contribution in [3.63, 3.8) is 0 Å². The topological polar surface area (TPSA) is 26.3 Å². The molecule has 1 fully saturated rings. The first-order valence-electron chi connectivity index (χ1n) is 8.86. The van der Waals surface area contributed by atoms with Gasteiger partial charge in [0, 0.05) is 5.56 Å². The molecular formula is C22H20Cl2F2O2. The number of ether oxygens (including phenoxy) is 1. The smallest absolute Gasteiger partial charge is 0.310 e. The quantitative estimate of drug-likeness (QED) is 0.506. The summed E-state index contributed by atoms with van der Waals surface area (Å²) in [6.07, 6.45) is 1.66. The van der Waals surface area contributed by atoms with E-state index in [9.17, 15) is 13.6 Å². The Kier molecular flexibility index (Phi) is 5.83. The molecule has 0 bridgehead atoms. The fourth-order valence-corrected chi connectivity index (χ4v) is 3.92. The van der Waals surface area contributed by atoms with Gasteiger partial charge in [-0.15, -0.1) is 0 Å². The number of hydrogen-bond acceptors (Lipinski definition) is 2. The van der Waals surface area contributed by atoms with E-state index >= 15 is 0 Å². The van der Waals surface area contributed by atoms with Crippen molar-refractivity contribution in [2.45, 2.75) is 27.4 Å². The fraction of sp³-hybridized carbons (Fsp3) is 0.318. The van der Waals surface area contributed by atoms with Gasteiger partial charge in [-0.2, -0.15) is 0 Å². The van der Waals surface area contributed by atoms with E-state index in [2.05, 4.69) is 0 Å². The van der Waals surface area contributed by atoms with Crippen LogP contribution in [0.1, 0.15) is 25.0 Å². The minimum absolute atomic E-state index is 0.0487. The van der Waals surface area contributed by atoms with E-state index in [-0.39, 0.29) is 39.9 Å². The average molecular weight is 425 g/mol. The van der Waals surface area contributed by atoms with Crippen LogP contribution in [0.4, 0.5) is 8.78 Å². The van der Waals surface area contributed by atoms with Gasteiger partial charge >= 0.3 is 5.97 Å². The molecule has 0 N–H and O–H groups in total. The molecule has 0 aliphatic heterocycles. The monoisotopic (exact) mass is 424 g/mol. The summed E-state index contributed by atoms with van der Waals surface area (Å²) in [6.45, 7) is 5.75. The second-order valence-corrected chi connectivity index (χ2v) is 8.61. The predicted octanol–water partition coefficient (Wildman–Crippen LogP) is 6.57. The van der Waals surface area contributed by atoms with Gasteiger partial charge in [-0.1, -0.05) is 55.2 Å². The van der Waals surface area contributed by atoms with Crippen molar-refractivity contribution < 1.29 is 18.3 Å². The lowest BCUT2D eigenvalue weighted by atomic mass is 9.96. The van der Waals surface area contributed by atoms with Crippen LogP contribution in [0.5, 0.6) is 0 Å². The minimum atomic E-state index is -0.513. The Morgan fingerprint density at radius 3 is 2.57 bits per heavy atom. The van der Waals surface area contributed by atoms with Gasteiger partial charge in [-0.25, -0.2) is 8.78 Å². The number of benzene rings is 2. The van der Waals surface area contributed by atoms with Crippen LogP contribution in [0.2, 0.25) is 0 Å². The largest absolute Gasteiger partial charge is 0.461 e. The van der Waals surface area contributed by atoms with E-state index in [1.54, 1.807) is 31.2 Å². The standard InChI is InChI=1S/C22H20Cl2F2O2/c1-12-13(5-4-6-15(12)16-9-14(25)7-8-18(16)26)11-28-21(27)20-17(10-19(23)24)22(20,2)3/h4-10,17,20H,11H2,1-3H3. The first kappa shape index (κ1) is 20.8. The molecule has 6 heteroatoms. The number of rotatable bonds is 5. The lowest BCUT2D eigenvalue weighted by molar-refractivity contribution is -0.147. The minimum Gasteiger partial charge on any atom is -0.461 e. The summed E-state index contributed by atoms with van der Waals surface area (Å²) in [5.41, 5.74) is 1.93. The Labute approximate surface area is 173 Å². The van der Waals surface area contributed by atoms with Gasteiger partial charge in [0.25, 0.3) is 0 Å². The van der Waals surface area contributed by atoms with Crippen LogP contribution in [0, 0.1) is 35.8 Å². The number of allylic oxidation sites excluding steroid dienone is 1. The third kappa shape index (κ3) is 4.08. The lowest BCUT2D eigenvalue weighted by Gasteiger charge is -2.13. The molecule has 2 unspecified atom stereocenters. The van der Waals surface area contributed by atoms with Gasteiger partial charge in [0.2, 0.25) is 0 Å². The van der Waals surface area contributed by atoms with E-state index in [1.807, 2.05) is 13.8 Å². The van der Waals surface area contributed by atoms with Crippen LogP contribution in [0.25, 0.3) is 11.1 Å². The van der Waals surface area contributed by atoms with Crippen LogP contribution >= 0.6 is 23.2 Å². The maximum atomic E-state index is 14.1. The lowest BCUT2D eigenvalue weighted by Crippen LogP contribution is -2.11. The van der Waals surface area contributed by atoms with Crippen LogP contribution in [0.3, 0.4) is 0 Å². The molecule has 28 heavy (non-hydrogen) atoms. The van der Waals surface area contributed by atoms with E-state index in [1.165, 1.54) is 0 Å². The second-order valence-electron chi connectivity index (χ2n) is 7.60. The molecule has 2 nitrogen and oxygen atoms in total. The van der Waals surface area contributed by atoms with Crippen LogP contribution in [0.15, 0.2) is 47.0 Å². The third-order valence-electron chi connectivity index (χ3n) is 5.50. The van der Waals surface area contributed by atoms with Crippen molar-refractivity contribution in [2.75, 3.05) is 0 Å². The molecule has 0 aromatic heterocycles. The number of esters is 1. The Hall–Kier alpha value is -1.91. The van der Waals surface area contributed by atoms with Gasteiger partial charge in [-0.05, 0) is 59.2 Å². The number of halogens is 4. The van der Waals surface area contributed by atoms with Crippen LogP contribution < -0.4 is 0 Å². The van der Waals surface area contributed by atoms with Crippen molar-refractivity contribution in [1.82, 2.24) is 0 Å². The zero-order valence-electron chi connectivity index (χ0n) is 15.7. The van der Waals surface area contributed by atoms with Crippen molar-refractivity contribution in [3.8, 4) is 11.1 Å². The summed E-state index contributed by atoms with van der Waals surface area (Å²) >= 11 is 11.4. The molecule has 1 aliphatic rings. The Bertz CT molecular complexity index is 950. The van der Waals surface area contributed by atoms with Gasteiger partial charge in [0.15, 0.2) is 0 Å². The predicted molar refractivity (Wildman–Crippen MR) is 107 cm³/mol. The highest BCUT2D eigenvalue weighted by molar-refractivity contribution is 6.55. The van der Waals surface area contributed by atoms with Gasteiger partial charge in [-0.3, -0.25) is 4.79 Å². The second kappa shape index (κ2) is 7.84. The molecule has 0 radical (unpaired) electrons. The first-order chi connectivity index (χ1) is 13.1. The molecule has 2 atom stereocenters. The van der Waals surface area contributed by atoms with E-state index in [4.69, 9.17) is 27.9 Å². The van der Waals surface area contributed by atoms with E-state index < -0.39 is 11.6 Å².